The molecular weight excluding hydrogens is 236 g/mol. The van der Waals surface area contributed by atoms with Gasteiger partial charge in [0.2, 0.25) is 0 Å². The number of phenolic OH excluding ortho intramolecular Hbond substituents is 2. The van der Waals surface area contributed by atoms with Gasteiger partial charge < -0.3 is 15.3 Å². The first-order chi connectivity index (χ1) is 8.34. The number of carbonyl (C=O) groups excluding carboxylic acids is 2. The van der Waals surface area contributed by atoms with E-state index in [0.717, 1.165) is 0 Å². The number of aliphatic hydroxyl groups is 1. The standard InChI is InChI=1S/C13H14O5/c1-5-10(6(2)14)13(18)12(17)8-3-7(15)4-9(16)11(5)8/h7,15,17-18H,3-4H2,1-2H3. The number of hydrogen-bond donors (Lipinski definition) is 3. The van der Waals surface area contributed by atoms with E-state index in [4.69, 9.17) is 0 Å². The molecule has 3 N–H and O–H groups in total. The molecule has 5 heteroatoms. The second kappa shape index (κ2) is 4.10. The molecule has 1 atom stereocenters. The Bertz CT molecular complexity index is 559. The number of hydrogen-bond acceptors (Lipinski definition) is 5. The van der Waals surface area contributed by atoms with E-state index in [1.807, 2.05) is 0 Å². The van der Waals surface area contributed by atoms with Gasteiger partial charge in [-0.15, -0.1) is 0 Å². The van der Waals surface area contributed by atoms with Gasteiger partial charge in [0, 0.05) is 24.0 Å². The number of fused-ring (bicyclic) bond motifs is 1. The summed E-state index contributed by atoms with van der Waals surface area (Å²) in [7, 11) is 0. The van der Waals surface area contributed by atoms with E-state index in [1.54, 1.807) is 6.92 Å². The summed E-state index contributed by atoms with van der Waals surface area (Å²) < 4.78 is 0. The molecule has 0 aromatic heterocycles. The quantitative estimate of drug-likeness (QED) is 0.512. The summed E-state index contributed by atoms with van der Waals surface area (Å²) in [5.41, 5.74) is 0.806. The Labute approximate surface area is 104 Å². The van der Waals surface area contributed by atoms with Crippen molar-refractivity contribution < 1.29 is 24.9 Å². The van der Waals surface area contributed by atoms with Gasteiger partial charge in [0.15, 0.2) is 23.1 Å². The zero-order chi connectivity index (χ0) is 13.6. The third-order valence-corrected chi connectivity index (χ3v) is 3.29. The number of rotatable bonds is 1. The first-order valence-corrected chi connectivity index (χ1v) is 5.64. The maximum absolute atomic E-state index is 11.9. The van der Waals surface area contributed by atoms with Crippen molar-refractivity contribution in [3.63, 3.8) is 0 Å². The van der Waals surface area contributed by atoms with Crippen LogP contribution in [-0.4, -0.2) is 33.0 Å². The molecule has 1 unspecified atom stereocenters. The third-order valence-electron chi connectivity index (χ3n) is 3.29. The minimum absolute atomic E-state index is 0.0315. The minimum atomic E-state index is -0.863. The average Bonchev–Trinajstić information content (AvgIpc) is 2.24. The normalized spacial score (nSPS) is 18.6. The highest BCUT2D eigenvalue weighted by Crippen LogP contribution is 2.41. The molecule has 5 nitrogen and oxygen atoms in total. The minimum Gasteiger partial charge on any atom is -0.504 e. The summed E-state index contributed by atoms with van der Waals surface area (Å²) in [5.74, 6) is -1.73. The van der Waals surface area contributed by atoms with Gasteiger partial charge in [-0.2, -0.15) is 0 Å². The zero-order valence-electron chi connectivity index (χ0n) is 10.1. The van der Waals surface area contributed by atoms with Gasteiger partial charge in [0.25, 0.3) is 0 Å². The highest BCUT2D eigenvalue weighted by molar-refractivity contribution is 6.07. The molecule has 1 aliphatic carbocycles. The van der Waals surface area contributed by atoms with Crippen molar-refractivity contribution in [1.82, 2.24) is 0 Å². The number of aliphatic hydroxyl groups excluding tert-OH is 1. The number of ketones is 2. The van der Waals surface area contributed by atoms with Crippen molar-refractivity contribution in [1.29, 1.82) is 0 Å². The molecular formula is C13H14O5. The highest BCUT2D eigenvalue weighted by Gasteiger charge is 2.32. The van der Waals surface area contributed by atoms with Crippen molar-refractivity contribution >= 4 is 11.6 Å². The molecule has 1 aromatic rings. The Kier molecular flexibility index (Phi) is 2.86. The van der Waals surface area contributed by atoms with E-state index >= 15 is 0 Å². The second-order valence-corrected chi connectivity index (χ2v) is 4.59. The van der Waals surface area contributed by atoms with Gasteiger partial charge in [0.1, 0.15) is 0 Å². The molecule has 0 heterocycles. The Balaban J connectivity index is 2.81. The molecule has 0 saturated carbocycles. The summed E-state index contributed by atoms with van der Waals surface area (Å²) in [6.45, 7) is 2.82. The van der Waals surface area contributed by atoms with Crippen molar-refractivity contribution in [3.8, 4) is 11.5 Å². The Morgan fingerprint density at radius 1 is 1.22 bits per heavy atom. The number of aromatic hydroxyl groups is 2. The molecule has 0 amide bonds. The lowest BCUT2D eigenvalue weighted by Crippen LogP contribution is -2.26. The first-order valence-electron chi connectivity index (χ1n) is 5.64. The summed E-state index contributed by atoms with van der Waals surface area (Å²) in [6, 6.07) is 0. The van der Waals surface area contributed by atoms with Crippen LogP contribution < -0.4 is 0 Å². The van der Waals surface area contributed by atoms with Crippen LogP contribution in [0.1, 0.15) is 45.2 Å². The van der Waals surface area contributed by atoms with Crippen LogP contribution in [0.5, 0.6) is 11.5 Å². The van der Waals surface area contributed by atoms with Crippen LogP contribution in [0.2, 0.25) is 0 Å². The van der Waals surface area contributed by atoms with Crippen molar-refractivity contribution in [3.05, 3.63) is 22.3 Å². The predicted molar refractivity (Wildman–Crippen MR) is 63.2 cm³/mol. The van der Waals surface area contributed by atoms with Crippen LogP contribution in [0.25, 0.3) is 0 Å². The predicted octanol–water partition coefficient (Wildman–Crippen LogP) is 1.10. The number of benzene rings is 1. The molecule has 2 rings (SSSR count). The lowest BCUT2D eigenvalue weighted by molar-refractivity contribution is 0.0849. The maximum atomic E-state index is 11.9. The lowest BCUT2D eigenvalue weighted by Gasteiger charge is -2.24. The monoisotopic (exact) mass is 250 g/mol. The highest BCUT2D eigenvalue weighted by atomic mass is 16.3. The molecule has 0 radical (unpaired) electrons. The van der Waals surface area contributed by atoms with Gasteiger partial charge in [-0.3, -0.25) is 9.59 Å². The van der Waals surface area contributed by atoms with E-state index in [2.05, 4.69) is 0 Å². The topological polar surface area (TPSA) is 94.8 Å². The van der Waals surface area contributed by atoms with Crippen molar-refractivity contribution in [2.45, 2.75) is 32.8 Å². The fraction of sp³-hybridized carbons (Fsp3) is 0.385. The average molecular weight is 250 g/mol. The largest absolute Gasteiger partial charge is 0.504 e. The Morgan fingerprint density at radius 2 is 1.83 bits per heavy atom. The molecule has 0 fully saturated rings. The van der Waals surface area contributed by atoms with Crippen LogP contribution in [0.3, 0.4) is 0 Å². The fourth-order valence-electron chi connectivity index (χ4n) is 2.54. The molecule has 1 aromatic carbocycles. The zero-order valence-corrected chi connectivity index (χ0v) is 10.1. The van der Waals surface area contributed by atoms with Gasteiger partial charge in [-0.05, 0) is 19.4 Å². The molecule has 0 aliphatic heterocycles. The van der Waals surface area contributed by atoms with Crippen molar-refractivity contribution in [2.75, 3.05) is 0 Å². The molecule has 0 spiro atoms. The molecule has 1 aliphatic rings. The summed E-state index contributed by atoms with van der Waals surface area (Å²) >= 11 is 0. The van der Waals surface area contributed by atoms with E-state index in [0.29, 0.717) is 5.56 Å². The number of carbonyl (C=O) groups is 2. The van der Waals surface area contributed by atoms with E-state index in [-0.39, 0.29) is 35.3 Å². The van der Waals surface area contributed by atoms with Crippen LogP contribution >= 0.6 is 0 Å². The van der Waals surface area contributed by atoms with Crippen LogP contribution in [0.4, 0.5) is 0 Å². The number of Topliss-reactive ketones (excluding diaryl/α,β-unsaturated/α-hetero) is 2. The smallest absolute Gasteiger partial charge is 0.169 e. The van der Waals surface area contributed by atoms with Crippen molar-refractivity contribution in [2.24, 2.45) is 0 Å². The summed E-state index contributed by atoms with van der Waals surface area (Å²) in [4.78, 5) is 23.4. The van der Waals surface area contributed by atoms with Crippen LogP contribution in [0.15, 0.2) is 0 Å². The SMILES string of the molecule is CC(=O)c1c(C)c2c(c(O)c1O)CC(O)CC2=O. The first kappa shape index (κ1) is 12.6. The van der Waals surface area contributed by atoms with E-state index < -0.39 is 23.4 Å². The fourth-order valence-corrected chi connectivity index (χ4v) is 2.54. The van der Waals surface area contributed by atoms with Crippen LogP contribution in [0, 0.1) is 6.92 Å². The van der Waals surface area contributed by atoms with Gasteiger partial charge in [-0.1, -0.05) is 0 Å². The summed E-state index contributed by atoms with van der Waals surface area (Å²) in [6.07, 6.45) is -0.799. The van der Waals surface area contributed by atoms with Gasteiger partial charge >= 0.3 is 0 Å². The second-order valence-electron chi connectivity index (χ2n) is 4.59. The molecule has 18 heavy (non-hydrogen) atoms. The summed E-state index contributed by atoms with van der Waals surface area (Å²) in [5, 5.41) is 29.2. The van der Waals surface area contributed by atoms with E-state index in [1.165, 1.54) is 6.92 Å². The molecule has 0 saturated heterocycles. The third kappa shape index (κ3) is 1.67. The number of phenols is 2. The molecule has 96 valence electrons. The van der Waals surface area contributed by atoms with Gasteiger partial charge in [-0.25, -0.2) is 0 Å². The maximum Gasteiger partial charge on any atom is 0.169 e. The Hall–Kier alpha value is -1.88. The van der Waals surface area contributed by atoms with E-state index in [9.17, 15) is 24.9 Å². The van der Waals surface area contributed by atoms with Gasteiger partial charge in [0.05, 0.1) is 11.7 Å². The van der Waals surface area contributed by atoms with Crippen LogP contribution in [-0.2, 0) is 6.42 Å². The Morgan fingerprint density at radius 3 is 2.39 bits per heavy atom. The lowest BCUT2D eigenvalue weighted by atomic mass is 9.82. The molecule has 0 bridgehead atoms.